The molecule has 10 heteroatoms. The molecule has 2 heterocycles. The maximum atomic E-state index is 12.9. The highest BCUT2D eigenvalue weighted by Crippen LogP contribution is 2.27. The molecule has 0 aliphatic rings. The van der Waals surface area contributed by atoms with Crippen molar-refractivity contribution in [1.29, 1.82) is 0 Å². The van der Waals surface area contributed by atoms with Gasteiger partial charge in [0, 0.05) is 12.1 Å². The highest BCUT2D eigenvalue weighted by molar-refractivity contribution is 7.99. The van der Waals surface area contributed by atoms with Gasteiger partial charge in [-0.05, 0) is 44.0 Å². The minimum atomic E-state index is -0.317. The number of carbonyl (C=O) groups excluding carboxylic acids is 2. The first kappa shape index (κ1) is 24.9. The Morgan fingerprint density at radius 3 is 2.51 bits per heavy atom. The smallest absolute Gasteiger partial charge is 0.251 e. The van der Waals surface area contributed by atoms with Crippen LogP contribution < -0.4 is 10.6 Å². The lowest BCUT2D eigenvalue weighted by molar-refractivity contribution is -0.113. The molecule has 0 aliphatic heterocycles. The molecule has 2 aromatic heterocycles. The summed E-state index contributed by atoms with van der Waals surface area (Å²) in [6.45, 7) is 8.67. The van der Waals surface area contributed by atoms with Crippen LogP contribution in [0, 0.1) is 12.8 Å². The third-order valence-corrected chi connectivity index (χ3v) is 7.40. The van der Waals surface area contributed by atoms with E-state index in [9.17, 15) is 9.59 Å². The molecule has 2 amide bonds. The van der Waals surface area contributed by atoms with Crippen LogP contribution in [0.3, 0.4) is 0 Å². The number of nitrogens with zero attached hydrogens (tertiary/aromatic N) is 4. The number of aryl methyl sites for hydroxylation is 1. The quantitative estimate of drug-likeness (QED) is 0.306. The number of hydrogen-bond acceptors (Lipinski definition) is 7. The van der Waals surface area contributed by atoms with E-state index in [-0.39, 0.29) is 29.5 Å². The van der Waals surface area contributed by atoms with E-state index in [1.165, 1.54) is 23.1 Å². The van der Waals surface area contributed by atoms with Gasteiger partial charge in [-0.1, -0.05) is 66.8 Å². The van der Waals surface area contributed by atoms with E-state index in [1.54, 1.807) is 0 Å². The number of benzene rings is 2. The largest absolute Gasteiger partial charge is 0.342 e. The van der Waals surface area contributed by atoms with Crippen LogP contribution in [-0.4, -0.2) is 37.3 Å². The van der Waals surface area contributed by atoms with E-state index in [1.807, 2.05) is 80.8 Å². The summed E-state index contributed by atoms with van der Waals surface area (Å²) in [5.74, 6) is 0.639. The number of fused-ring (bicyclic) bond motifs is 1. The average molecular weight is 509 g/mol. The molecule has 8 nitrogen and oxygen atoms in total. The summed E-state index contributed by atoms with van der Waals surface area (Å²) in [7, 11) is 0. The van der Waals surface area contributed by atoms with E-state index in [0.29, 0.717) is 28.2 Å². The fraction of sp³-hybridized carbons (Fsp3) is 0.320. The first-order valence-electron chi connectivity index (χ1n) is 11.4. The molecule has 4 aromatic rings. The van der Waals surface area contributed by atoms with E-state index in [4.69, 9.17) is 0 Å². The van der Waals surface area contributed by atoms with Gasteiger partial charge in [0.25, 0.3) is 5.91 Å². The lowest BCUT2D eigenvalue weighted by Gasteiger charge is -2.22. The van der Waals surface area contributed by atoms with Crippen LogP contribution >= 0.6 is 23.1 Å². The van der Waals surface area contributed by atoms with Gasteiger partial charge in [0.2, 0.25) is 5.91 Å². The Balaban J connectivity index is 1.44. The predicted octanol–water partition coefficient (Wildman–Crippen LogP) is 5.07. The van der Waals surface area contributed by atoms with Crippen molar-refractivity contribution in [2.75, 3.05) is 11.1 Å². The number of nitrogens with one attached hydrogen (secondary N) is 2. The first-order valence-corrected chi connectivity index (χ1v) is 13.2. The standard InChI is InChI=1S/C25H28N6O2S2/c1-5-31-22(21(15(2)3)28-23(33)17-12-10-16(4)11-13-17)29-30-25(31)34-14-20(32)27-24-26-18-8-6-7-9-19(18)35-24/h6-13,15,21H,5,14H2,1-4H3,(H,28,33)(H,26,27,32)/t21-/m0/s1. The molecule has 0 saturated heterocycles. The number of amides is 2. The Morgan fingerprint density at radius 2 is 1.83 bits per heavy atom. The minimum Gasteiger partial charge on any atom is -0.342 e. The lowest BCUT2D eigenvalue weighted by Crippen LogP contribution is -2.33. The Hall–Kier alpha value is -3.24. The van der Waals surface area contributed by atoms with Crippen LogP contribution in [0.25, 0.3) is 10.2 Å². The molecule has 2 aromatic carbocycles. The van der Waals surface area contributed by atoms with Crippen molar-refractivity contribution in [3.8, 4) is 0 Å². The van der Waals surface area contributed by atoms with Crippen molar-refractivity contribution < 1.29 is 9.59 Å². The molecular weight excluding hydrogens is 480 g/mol. The highest BCUT2D eigenvalue weighted by Gasteiger charge is 2.26. The normalized spacial score (nSPS) is 12.1. The van der Waals surface area contributed by atoms with E-state index in [0.717, 1.165) is 15.8 Å². The number of aromatic nitrogens is 4. The fourth-order valence-electron chi connectivity index (χ4n) is 3.60. The molecule has 2 N–H and O–H groups in total. The zero-order valence-electron chi connectivity index (χ0n) is 20.1. The Bertz CT molecular complexity index is 1300. The van der Waals surface area contributed by atoms with Gasteiger partial charge in [-0.2, -0.15) is 0 Å². The van der Waals surface area contributed by atoms with Crippen LogP contribution in [0.5, 0.6) is 0 Å². The van der Waals surface area contributed by atoms with Gasteiger partial charge < -0.3 is 15.2 Å². The lowest BCUT2D eigenvalue weighted by atomic mass is 10.0. The van der Waals surface area contributed by atoms with Gasteiger partial charge in [-0.3, -0.25) is 9.59 Å². The van der Waals surface area contributed by atoms with Crippen molar-refractivity contribution in [2.24, 2.45) is 5.92 Å². The zero-order valence-corrected chi connectivity index (χ0v) is 21.7. The van der Waals surface area contributed by atoms with Crippen LogP contribution in [0.1, 0.15) is 48.6 Å². The number of para-hydroxylation sites is 1. The van der Waals surface area contributed by atoms with Crippen molar-refractivity contribution >= 4 is 50.3 Å². The summed E-state index contributed by atoms with van der Waals surface area (Å²) in [5, 5.41) is 15.9. The van der Waals surface area contributed by atoms with Crippen LogP contribution in [0.4, 0.5) is 5.13 Å². The molecule has 0 unspecified atom stereocenters. The molecule has 0 radical (unpaired) electrons. The predicted molar refractivity (Wildman–Crippen MR) is 141 cm³/mol. The zero-order chi connectivity index (χ0) is 24.9. The molecule has 35 heavy (non-hydrogen) atoms. The molecule has 0 bridgehead atoms. The van der Waals surface area contributed by atoms with E-state index < -0.39 is 0 Å². The molecule has 4 rings (SSSR count). The Kier molecular flexibility index (Phi) is 7.82. The summed E-state index contributed by atoms with van der Waals surface area (Å²) < 4.78 is 2.98. The third-order valence-electron chi connectivity index (χ3n) is 5.48. The van der Waals surface area contributed by atoms with Gasteiger partial charge in [-0.15, -0.1) is 10.2 Å². The molecule has 0 spiro atoms. The molecule has 1 atom stereocenters. The van der Waals surface area contributed by atoms with Crippen LogP contribution in [-0.2, 0) is 11.3 Å². The second kappa shape index (κ2) is 11.0. The number of hydrogen-bond donors (Lipinski definition) is 2. The summed E-state index contributed by atoms with van der Waals surface area (Å²) >= 11 is 2.76. The van der Waals surface area contributed by atoms with Crippen molar-refractivity contribution in [2.45, 2.75) is 45.4 Å². The number of carbonyl (C=O) groups is 2. The van der Waals surface area contributed by atoms with Crippen LogP contribution in [0.2, 0.25) is 0 Å². The van der Waals surface area contributed by atoms with Crippen molar-refractivity contribution in [3.05, 3.63) is 65.5 Å². The number of rotatable bonds is 9. The second-order valence-corrected chi connectivity index (χ2v) is 10.4. The fourth-order valence-corrected chi connectivity index (χ4v) is 5.30. The van der Waals surface area contributed by atoms with E-state index in [2.05, 4.69) is 25.8 Å². The molecule has 0 saturated carbocycles. The molecular formula is C25H28N6O2S2. The second-order valence-electron chi connectivity index (χ2n) is 8.47. The maximum absolute atomic E-state index is 12.9. The molecule has 0 fully saturated rings. The Labute approximate surface area is 212 Å². The van der Waals surface area contributed by atoms with Gasteiger partial charge in [-0.25, -0.2) is 4.98 Å². The third kappa shape index (κ3) is 5.88. The molecule has 182 valence electrons. The SMILES string of the molecule is CCn1c(SCC(=O)Nc2nc3ccccc3s2)nnc1[C@@H](NC(=O)c1ccc(C)cc1)C(C)C. The van der Waals surface area contributed by atoms with Crippen molar-refractivity contribution in [3.63, 3.8) is 0 Å². The maximum Gasteiger partial charge on any atom is 0.251 e. The summed E-state index contributed by atoms with van der Waals surface area (Å²) in [6, 6.07) is 14.9. The van der Waals surface area contributed by atoms with Gasteiger partial charge in [0.15, 0.2) is 16.1 Å². The number of thioether (sulfide) groups is 1. The number of anilines is 1. The summed E-state index contributed by atoms with van der Waals surface area (Å²) in [4.78, 5) is 29.9. The minimum absolute atomic E-state index is 0.0964. The summed E-state index contributed by atoms with van der Waals surface area (Å²) in [5.41, 5.74) is 2.56. The molecule has 0 aliphatic carbocycles. The average Bonchev–Trinajstić information content (AvgIpc) is 3.44. The summed E-state index contributed by atoms with van der Waals surface area (Å²) in [6.07, 6.45) is 0. The monoisotopic (exact) mass is 508 g/mol. The topological polar surface area (TPSA) is 102 Å². The van der Waals surface area contributed by atoms with Gasteiger partial charge >= 0.3 is 0 Å². The highest BCUT2D eigenvalue weighted by atomic mass is 32.2. The first-order chi connectivity index (χ1) is 16.9. The van der Waals surface area contributed by atoms with Crippen molar-refractivity contribution in [1.82, 2.24) is 25.1 Å². The van der Waals surface area contributed by atoms with Gasteiger partial charge in [0.1, 0.15) is 0 Å². The Morgan fingerprint density at radius 1 is 1.09 bits per heavy atom. The van der Waals surface area contributed by atoms with E-state index >= 15 is 0 Å². The number of thiazole rings is 1. The van der Waals surface area contributed by atoms with Gasteiger partial charge in [0.05, 0.1) is 22.0 Å². The van der Waals surface area contributed by atoms with Crippen LogP contribution in [0.15, 0.2) is 53.7 Å².